The summed E-state index contributed by atoms with van der Waals surface area (Å²) in [6, 6.07) is 6.94. The fourth-order valence-corrected chi connectivity index (χ4v) is 1.51. The lowest BCUT2D eigenvalue weighted by Gasteiger charge is -2.10. The van der Waals surface area contributed by atoms with Gasteiger partial charge in [-0.2, -0.15) is 0 Å². The van der Waals surface area contributed by atoms with Gasteiger partial charge in [-0.1, -0.05) is 6.07 Å². The zero-order valence-electron chi connectivity index (χ0n) is 9.90. The van der Waals surface area contributed by atoms with Crippen LogP contribution in [0, 0.1) is 0 Å². The van der Waals surface area contributed by atoms with E-state index in [9.17, 15) is 4.79 Å². The van der Waals surface area contributed by atoms with Crippen LogP contribution < -0.4 is 10.1 Å². The summed E-state index contributed by atoms with van der Waals surface area (Å²) < 4.78 is 9.92. The fourth-order valence-electron chi connectivity index (χ4n) is 1.31. The lowest BCUT2D eigenvalue weighted by atomic mass is 10.2. The van der Waals surface area contributed by atoms with Crippen LogP contribution in [0.3, 0.4) is 0 Å². The van der Waals surface area contributed by atoms with Crippen LogP contribution in [0.15, 0.2) is 24.3 Å². The number of halogens is 1. The van der Waals surface area contributed by atoms with Gasteiger partial charge in [-0.3, -0.25) is 4.79 Å². The van der Waals surface area contributed by atoms with Gasteiger partial charge in [0.1, 0.15) is 5.75 Å². The highest BCUT2D eigenvalue weighted by molar-refractivity contribution is 6.21. The summed E-state index contributed by atoms with van der Waals surface area (Å²) in [6.45, 7) is 0.769. The van der Waals surface area contributed by atoms with Gasteiger partial charge in [0.15, 0.2) is 0 Å². The SMILES string of the molecule is COCC(Cl)CNC(=O)c1cccc(OC)c1. The Morgan fingerprint density at radius 2 is 2.24 bits per heavy atom. The van der Waals surface area contributed by atoms with Crippen LogP contribution in [-0.4, -0.2) is 38.7 Å². The topological polar surface area (TPSA) is 47.6 Å². The predicted octanol–water partition coefficient (Wildman–Crippen LogP) is 1.68. The van der Waals surface area contributed by atoms with E-state index >= 15 is 0 Å². The van der Waals surface area contributed by atoms with Gasteiger partial charge in [-0.25, -0.2) is 0 Å². The molecule has 0 fully saturated rings. The molecule has 0 saturated heterocycles. The molecule has 0 radical (unpaired) electrons. The van der Waals surface area contributed by atoms with Gasteiger partial charge >= 0.3 is 0 Å². The first-order valence-corrected chi connectivity index (χ1v) is 5.66. The normalized spacial score (nSPS) is 11.9. The van der Waals surface area contributed by atoms with Gasteiger partial charge in [-0.05, 0) is 18.2 Å². The molecule has 0 spiro atoms. The second kappa shape index (κ2) is 7.14. The molecule has 1 aromatic rings. The molecule has 0 aliphatic carbocycles. The third-order valence-electron chi connectivity index (χ3n) is 2.16. The van der Waals surface area contributed by atoms with Crippen molar-refractivity contribution >= 4 is 17.5 Å². The van der Waals surface area contributed by atoms with Crippen LogP contribution in [-0.2, 0) is 4.74 Å². The highest BCUT2D eigenvalue weighted by atomic mass is 35.5. The molecular formula is C12H16ClNO3. The third-order valence-corrected chi connectivity index (χ3v) is 2.44. The van der Waals surface area contributed by atoms with Crippen molar-refractivity contribution in [1.29, 1.82) is 0 Å². The van der Waals surface area contributed by atoms with Crippen molar-refractivity contribution in [2.45, 2.75) is 5.38 Å². The second-order valence-electron chi connectivity index (χ2n) is 3.49. The number of alkyl halides is 1. The molecule has 4 nitrogen and oxygen atoms in total. The van der Waals surface area contributed by atoms with E-state index < -0.39 is 0 Å². The van der Waals surface area contributed by atoms with Gasteiger partial charge in [0.25, 0.3) is 5.91 Å². The molecule has 0 heterocycles. The number of amides is 1. The van der Waals surface area contributed by atoms with Crippen LogP contribution in [0.5, 0.6) is 5.75 Å². The molecule has 0 bridgehead atoms. The van der Waals surface area contributed by atoms with Crippen molar-refractivity contribution in [2.75, 3.05) is 27.4 Å². The van der Waals surface area contributed by atoms with Gasteiger partial charge in [0, 0.05) is 19.2 Å². The molecular weight excluding hydrogens is 242 g/mol. The molecule has 1 unspecified atom stereocenters. The zero-order chi connectivity index (χ0) is 12.7. The Labute approximate surface area is 106 Å². The lowest BCUT2D eigenvalue weighted by molar-refractivity contribution is 0.0949. The second-order valence-corrected chi connectivity index (χ2v) is 4.11. The van der Waals surface area contributed by atoms with E-state index in [2.05, 4.69) is 5.32 Å². The fraction of sp³-hybridized carbons (Fsp3) is 0.417. The van der Waals surface area contributed by atoms with Gasteiger partial charge in [-0.15, -0.1) is 11.6 Å². The predicted molar refractivity (Wildman–Crippen MR) is 66.8 cm³/mol. The summed E-state index contributed by atoms with van der Waals surface area (Å²) >= 11 is 5.91. The minimum Gasteiger partial charge on any atom is -0.497 e. The molecule has 0 aliphatic heterocycles. The Kier molecular flexibility index (Phi) is 5.80. The highest BCUT2D eigenvalue weighted by Gasteiger charge is 2.09. The van der Waals surface area contributed by atoms with Crippen LogP contribution in [0.2, 0.25) is 0 Å². The quantitative estimate of drug-likeness (QED) is 0.789. The van der Waals surface area contributed by atoms with E-state index in [4.69, 9.17) is 21.1 Å². The number of benzene rings is 1. The van der Waals surface area contributed by atoms with Crippen molar-refractivity contribution in [3.8, 4) is 5.75 Å². The standard InChI is InChI=1S/C12H16ClNO3/c1-16-8-10(13)7-14-12(15)9-4-3-5-11(6-9)17-2/h3-6,10H,7-8H2,1-2H3,(H,14,15). The van der Waals surface area contributed by atoms with Crippen LogP contribution >= 0.6 is 11.6 Å². The van der Waals surface area contributed by atoms with Gasteiger partial charge in [0.05, 0.1) is 19.1 Å². The Morgan fingerprint density at radius 1 is 1.47 bits per heavy atom. The highest BCUT2D eigenvalue weighted by Crippen LogP contribution is 2.12. The molecule has 1 amide bonds. The average molecular weight is 258 g/mol. The number of carbonyl (C=O) groups excluding carboxylic acids is 1. The minimum absolute atomic E-state index is 0.175. The van der Waals surface area contributed by atoms with E-state index in [1.54, 1.807) is 38.5 Å². The monoisotopic (exact) mass is 257 g/mol. The number of nitrogens with one attached hydrogen (secondary N) is 1. The Balaban J connectivity index is 2.51. The molecule has 0 aromatic heterocycles. The number of hydrogen-bond acceptors (Lipinski definition) is 3. The van der Waals surface area contributed by atoms with Crippen molar-refractivity contribution < 1.29 is 14.3 Å². The molecule has 5 heteroatoms. The molecule has 17 heavy (non-hydrogen) atoms. The molecule has 1 aromatic carbocycles. The lowest BCUT2D eigenvalue weighted by Crippen LogP contribution is -2.31. The molecule has 0 saturated carbocycles. The number of carbonyl (C=O) groups is 1. The first-order chi connectivity index (χ1) is 8.17. The van der Waals surface area contributed by atoms with Crippen molar-refractivity contribution in [1.82, 2.24) is 5.32 Å². The summed E-state index contributed by atoms with van der Waals surface area (Å²) in [5.74, 6) is 0.475. The van der Waals surface area contributed by atoms with Crippen molar-refractivity contribution in [3.05, 3.63) is 29.8 Å². The van der Waals surface area contributed by atoms with Crippen molar-refractivity contribution in [2.24, 2.45) is 0 Å². The summed E-state index contributed by atoms with van der Waals surface area (Å²) in [7, 11) is 3.13. The van der Waals surface area contributed by atoms with E-state index in [0.29, 0.717) is 24.5 Å². The number of rotatable bonds is 6. The smallest absolute Gasteiger partial charge is 0.251 e. The van der Waals surface area contributed by atoms with Gasteiger partial charge < -0.3 is 14.8 Å². The van der Waals surface area contributed by atoms with Crippen molar-refractivity contribution in [3.63, 3.8) is 0 Å². The zero-order valence-corrected chi connectivity index (χ0v) is 10.7. The maximum atomic E-state index is 11.8. The molecule has 0 aliphatic rings. The molecule has 1 N–H and O–H groups in total. The molecule has 1 rings (SSSR count). The van der Waals surface area contributed by atoms with E-state index in [1.165, 1.54) is 0 Å². The summed E-state index contributed by atoms with van der Waals surface area (Å²) in [5.41, 5.74) is 0.547. The average Bonchev–Trinajstić information content (AvgIpc) is 2.36. The van der Waals surface area contributed by atoms with E-state index in [0.717, 1.165) is 0 Å². The summed E-state index contributed by atoms with van der Waals surface area (Å²) in [4.78, 5) is 11.8. The maximum absolute atomic E-state index is 11.8. The molecule has 1 atom stereocenters. The van der Waals surface area contributed by atoms with Crippen LogP contribution in [0.25, 0.3) is 0 Å². The maximum Gasteiger partial charge on any atom is 0.251 e. The minimum atomic E-state index is -0.227. The third kappa shape index (κ3) is 4.63. The van der Waals surface area contributed by atoms with E-state index in [-0.39, 0.29) is 11.3 Å². The van der Waals surface area contributed by atoms with Crippen LogP contribution in [0.1, 0.15) is 10.4 Å². The van der Waals surface area contributed by atoms with Crippen LogP contribution in [0.4, 0.5) is 0 Å². The van der Waals surface area contributed by atoms with E-state index in [1.807, 2.05) is 0 Å². The number of hydrogen-bond donors (Lipinski definition) is 1. The first-order valence-electron chi connectivity index (χ1n) is 5.22. The Hall–Kier alpha value is -1.26. The first kappa shape index (κ1) is 13.8. The summed E-state index contributed by atoms with van der Waals surface area (Å²) in [6.07, 6.45) is 0. The Bertz CT molecular complexity index is 371. The molecule has 94 valence electrons. The van der Waals surface area contributed by atoms with Gasteiger partial charge in [0.2, 0.25) is 0 Å². The largest absolute Gasteiger partial charge is 0.497 e. The number of ether oxygens (including phenoxy) is 2. The number of methoxy groups -OCH3 is 2. The Morgan fingerprint density at radius 3 is 2.88 bits per heavy atom. The summed E-state index contributed by atoms with van der Waals surface area (Å²) in [5, 5.41) is 2.50.